The third-order valence-electron chi connectivity index (χ3n) is 3.39. The molecule has 0 aliphatic carbocycles. The Kier molecular flexibility index (Phi) is 3.74. The molecule has 0 bridgehead atoms. The first-order valence-corrected chi connectivity index (χ1v) is 7.04. The van der Waals surface area contributed by atoms with Crippen LogP contribution in [0.15, 0.2) is 42.7 Å². The number of pyridine rings is 1. The van der Waals surface area contributed by atoms with Crippen LogP contribution in [0.5, 0.6) is 0 Å². The number of fused-ring (bicyclic) bond motifs is 1. The van der Waals surface area contributed by atoms with Gasteiger partial charge in [0.2, 0.25) is 0 Å². The minimum Gasteiger partial charge on any atom is -0.350 e. The maximum atomic E-state index is 12.0. The van der Waals surface area contributed by atoms with Crippen molar-refractivity contribution in [1.29, 1.82) is 0 Å². The summed E-state index contributed by atoms with van der Waals surface area (Å²) in [5.41, 5.74) is 2.63. The lowest BCUT2D eigenvalue weighted by atomic mass is 10.3. The lowest BCUT2D eigenvalue weighted by Gasteiger charge is -2.01. The summed E-state index contributed by atoms with van der Waals surface area (Å²) in [5.74, 6) is -0.319. The van der Waals surface area contributed by atoms with Gasteiger partial charge >= 0.3 is 0 Å². The Morgan fingerprint density at radius 3 is 2.77 bits per heavy atom. The van der Waals surface area contributed by atoms with Crippen LogP contribution >= 0.6 is 0 Å². The molecule has 0 radical (unpaired) electrons. The number of H-pyrrole nitrogens is 1. The second-order valence-electron chi connectivity index (χ2n) is 5.05. The number of Topliss-reactive ketones (excluding diaryl/α,β-unsaturated/α-hetero) is 1. The van der Waals surface area contributed by atoms with Crippen LogP contribution in [0.2, 0.25) is 0 Å². The summed E-state index contributed by atoms with van der Waals surface area (Å²) in [6.45, 7) is 1.94. The van der Waals surface area contributed by atoms with Gasteiger partial charge in [0, 0.05) is 32.3 Å². The van der Waals surface area contributed by atoms with Crippen molar-refractivity contribution in [3.8, 4) is 0 Å². The van der Waals surface area contributed by atoms with E-state index in [2.05, 4.69) is 15.3 Å². The molecule has 3 aromatic rings. The molecule has 0 atom stereocenters. The van der Waals surface area contributed by atoms with Crippen LogP contribution in [0.4, 0.5) is 0 Å². The minimum atomic E-state index is -0.226. The van der Waals surface area contributed by atoms with Gasteiger partial charge in [-0.15, -0.1) is 0 Å². The van der Waals surface area contributed by atoms with Crippen molar-refractivity contribution < 1.29 is 9.59 Å². The summed E-state index contributed by atoms with van der Waals surface area (Å²) in [4.78, 5) is 30.4. The molecular weight excluding hydrogens is 280 g/mol. The van der Waals surface area contributed by atoms with Crippen molar-refractivity contribution in [3.63, 3.8) is 0 Å². The second kappa shape index (κ2) is 5.85. The van der Waals surface area contributed by atoms with E-state index >= 15 is 0 Å². The SMILES string of the molecule is CC(=O)c1ccc(C(=O)NCCc2cn3ccccc3n2)[nH]1. The molecule has 3 heterocycles. The van der Waals surface area contributed by atoms with Crippen molar-refractivity contribution in [2.45, 2.75) is 13.3 Å². The lowest BCUT2D eigenvalue weighted by Crippen LogP contribution is -2.26. The Morgan fingerprint density at radius 1 is 1.23 bits per heavy atom. The zero-order valence-corrected chi connectivity index (χ0v) is 12.2. The van der Waals surface area contributed by atoms with E-state index in [0.29, 0.717) is 24.4 Å². The van der Waals surface area contributed by atoms with Crippen LogP contribution in [0, 0.1) is 0 Å². The van der Waals surface area contributed by atoms with Gasteiger partial charge in [0.1, 0.15) is 11.3 Å². The number of nitrogens with zero attached hydrogens (tertiary/aromatic N) is 2. The van der Waals surface area contributed by atoms with Crippen molar-refractivity contribution >= 4 is 17.3 Å². The third kappa shape index (κ3) is 2.90. The van der Waals surface area contributed by atoms with E-state index in [1.165, 1.54) is 6.92 Å². The minimum absolute atomic E-state index is 0.0937. The predicted molar refractivity (Wildman–Crippen MR) is 82.0 cm³/mol. The molecular formula is C16H16N4O2. The quantitative estimate of drug-likeness (QED) is 0.705. The number of ketones is 1. The summed E-state index contributed by atoms with van der Waals surface area (Å²) in [6.07, 6.45) is 4.53. The number of nitrogens with one attached hydrogen (secondary N) is 2. The Bertz CT molecular complexity index is 798. The Balaban J connectivity index is 1.57. The fourth-order valence-electron chi connectivity index (χ4n) is 2.24. The van der Waals surface area contributed by atoms with E-state index in [4.69, 9.17) is 0 Å². The lowest BCUT2D eigenvalue weighted by molar-refractivity contribution is 0.0949. The number of hydrogen-bond donors (Lipinski definition) is 2. The van der Waals surface area contributed by atoms with Crippen molar-refractivity contribution in [2.24, 2.45) is 0 Å². The Labute approximate surface area is 127 Å². The first-order chi connectivity index (χ1) is 10.6. The molecule has 3 aromatic heterocycles. The Hall–Kier alpha value is -2.89. The normalized spacial score (nSPS) is 10.8. The first-order valence-electron chi connectivity index (χ1n) is 7.04. The maximum Gasteiger partial charge on any atom is 0.267 e. The molecule has 0 saturated heterocycles. The van der Waals surface area contributed by atoms with Gasteiger partial charge in [0.25, 0.3) is 5.91 Å². The van der Waals surface area contributed by atoms with E-state index in [9.17, 15) is 9.59 Å². The average molecular weight is 296 g/mol. The van der Waals surface area contributed by atoms with Crippen LogP contribution in [0.3, 0.4) is 0 Å². The highest BCUT2D eigenvalue weighted by molar-refractivity contribution is 5.97. The average Bonchev–Trinajstić information content (AvgIpc) is 3.13. The van der Waals surface area contributed by atoms with Gasteiger partial charge in [0.15, 0.2) is 5.78 Å². The molecule has 6 nitrogen and oxygen atoms in total. The first kappa shape index (κ1) is 14.1. The number of aromatic amines is 1. The molecule has 22 heavy (non-hydrogen) atoms. The highest BCUT2D eigenvalue weighted by Gasteiger charge is 2.10. The molecule has 112 valence electrons. The molecule has 3 rings (SSSR count). The van der Waals surface area contributed by atoms with Gasteiger partial charge < -0.3 is 14.7 Å². The van der Waals surface area contributed by atoms with Gasteiger partial charge in [-0.1, -0.05) is 6.07 Å². The summed E-state index contributed by atoms with van der Waals surface area (Å²) in [5, 5.41) is 2.81. The molecule has 0 fully saturated rings. The van der Waals surface area contributed by atoms with Gasteiger partial charge in [-0.3, -0.25) is 9.59 Å². The van der Waals surface area contributed by atoms with Crippen molar-refractivity contribution in [2.75, 3.05) is 6.54 Å². The number of imidazole rings is 1. The topological polar surface area (TPSA) is 79.3 Å². The highest BCUT2D eigenvalue weighted by Crippen LogP contribution is 2.05. The molecule has 0 unspecified atom stereocenters. The van der Waals surface area contributed by atoms with Gasteiger partial charge in [0.05, 0.1) is 11.4 Å². The number of rotatable bonds is 5. The molecule has 2 N–H and O–H groups in total. The molecule has 0 spiro atoms. The van der Waals surface area contributed by atoms with Gasteiger partial charge in [-0.2, -0.15) is 0 Å². The Morgan fingerprint density at radius 2 is 2.05 bits per heavy atom. The molecule has 0 aliphatic heterocycles. The van der Waals surface area contributed by atoms with E-state index in [1.807, 2.05) is 35.0 Å². The highest BCUT2D eigenvalue weighted by atomic mass is 16.2. The summed E-state index contributed by atoms with van der Waals surface area (Å²) < 4.78 is 1.95. The van der Waals surface area contributed by atoms with Crippen molar-refractivity contribution in [1.82, 2.24) is 19.7 Å². The number of amides is 1. The van der Waals surface area contributed by atoms with E-state index < -0.39 is 0 Å². The number of carbonyl (C=O) groups excluding carboxylic acids is 2. The van der Waals surface area contributed by atoms with Gasteiger partial charge in [-0.05, 0) is 24.3 Å². The standard InChI is InChI=1S/C16H16N4O2/c1-11(21)13-5-6-14(19-13)16(22)17-8-7-12-10-20-9-3-2-4-15(20)18-12/h2-6,9-10,19H,7-8H2,1H3,(H,17,22). The second-order valence-corrected chi connectivity index (χ2v) is 5.05. The molecule has 0 saturated carbocycles. The molecule has 1 amide bonds. The summed E-state index contributed by atoms with van der Waals surface area (Å²) in [6, 6.07) is 9.03. The molecule has 0 aromatic carbocycles. The van der Waals surface area contributed by atoms with Crippen LogP contribution in [-0.2, 0) is 6.42 Å². The fourth-order valence-corrected chi connectivity index (χ4v) is 2.24. The molecule has 0 aliphatic rings. The smallest absolute Gasteiger partial charge is 0.267 e. The largest absolute Gasteiger partial charge is 0.350 e. The fraction of sp³-hybridized carbons (Fsp3) is 0.188. The van der Waals surface area contributed by atoms with Gasteiger partial charge in [-0.25, -0.2) is 4.98 Å². The van der Waals surface area contributed by atoms with Crippen LogP contribution in [0.1, 0.15) is 33.6 Å². The zero-order valence-electron chi connectivity index (χ0n) is 12.2. The number of carbonyl (C=O) groups is 2. The summed E-state index contributed by atoms with van der Waals surface area (Å²) >= 11 is 0. The monoisotopic (exact) mass is 296 g/mol. The predicted octanol–water partition coefficient (Wildman–Crippen LogP) is 1.84. The van der Waals surface area contributed by atoms with E-state index in [-0.39, 0.29) is 11.7 Å². The maximum absolute atomic E-state index is 12.0. The summed E-state index contributed by atoms with van der Waals surface area (Å²) in [7, 11) is 0. The number of aromatic nitrogens is 3. The van der Waals surface area contributed by atoms with Crippen molar-refractivity contribution in [3.05, 3.63) is 59.8 Å². The van der Waals surface area contributed by atoms with E-state index in [0.717, 1.165) is 11.3 Å². The van der Waals surface area contributed by atoms with Crippen LogP contribution in [-0.4, -0.2) is 32.6 Å². The molecule has 6 heteroatoms. The van der Waals surface area contributed by atoms with Crippen LogP contribution < -0.4 is 5.32 Å². The van der Waals surface area contributed by atoms with E-state index in [1.54, 1.807) is 12.1 Å². The zero-order chi connectivity index (χ0) is 15.5. The third-order valence-corrected chi connectivity index (χ3v) is 3.39. The van der Waals surface area contributed by atoms with Crippen LogP contribution in [0.25, 0.3) is 5.65 Å². The number of hydrogen-bond acceptors (Lipinski definition) is 3.